The number of halogens is 4. The quantitative estimate of drug-likeness (QED) is 0.538. The van der Waals surface area contributed by atoms with Crippen LogP contribution >= 0.6 is 22.9 Å². The summed E-state index contributed by atoms with van der Waals surface area (Å²) in [5, 5.41) is 4.79. The summed E-state index contributed by atoms with van der Waals surface area (Å²) in [6.07, 6.45) is -4.46. The van der Waals surface area contributed by atoms with Crippen molar-refractivity contribution in [1.29, 1.82) is 0 Å². The average Bonchev–Trinajstić information content (AvgIpc) is 3.09. The molecular weight excluding hydrogens is 399 g/mol. The Morgan fingerprint density at radius 2 is 1.89 bits per heavy atom. The van der Waals surface area contributed by atoms with Crippen molar-refractivity contribution in [2.24, 2.45) is 0 Å². The van der Waals surface area contributed by atoms with Crippen molar-refractivity contribution >= 4 is 34.5 Å². The lowest BCUT2D eigenvalue weighted by Gasteiger charge is -2.09. The predicted molar refractivity (Wildman–Crippen MR) is 99.5 cm³/mol. The van der Waals surface area contributed by atoms with Crippen LogP contribution in [-0.4, -0.2) is 5.91 Å². The summed E-state index contributed by atoms with van der Waals surface area (Å²) in [6, 6.07) is 13.1. The molecule has 3 nitrogen and oxygen atoms in total. The van der Waals surface area contributed by atoms with Gasteiger partial charge in [0.05, 0.1) is 10.4 Å². The summed E-state index contributed by atoms with van der Waals surface area (Å²) in [5.74, 6) is 0.122. The van der Waals surface area contributed by atoms with Gasteiger partial charge in [0.15, 0.2) is 0 Å². The fraction of sp³-hybridized carbons (Fsp3) is 0.105. The van der Waals surface area contributed by atoms with Crippen LogP contribution in [0.4, 0.5) is 18.9 Å². The summed E-state index contributed by atoms with van der Waals surface area (Å²) in [5.41, 5.74) is 0.0382. The number of alkyl halides is 3. The molecule has 3 aromatic rings. The molecule has 0 aliphatic heterocycles. The lowest BCUT2D eigenvalue weighted by molar-refractivity contribution is -0.137. The highest BCUT2D eigenvalue weighted by molar-refractivity contribution is 7.12. The van der Waals surface area contributed by atoms with E-state index in [-0.39, 0.29) is 12.3 Å². The van der Waals surface area contributed by atoms with Gasteiger partial charge in [0.25, 0.3) is 5.91 Å². The summed E-state index contributed by atoms with van der Waals surface area (Å²) in [7, 11) is 0. The van der Waals surface area contributed by atoms with Gasteiger partial charge in [-0.25, -0.2) is 0 Å². The van der Waals surface area contributed by atoms with Crippen LogP contribution in [0.5, 0.6) is 5.75 Å². The number of benzene rings is 2. The smallest absolute Gasteiger partial charge is 0.416 e. The van der Waals surface area contributed by atoms with Crippen molar-refractivity contribution in [2.75, 3.05) is 5.32 Å². The summed E-state index contributed by atoms with van der Waals surface area (Å²) in [6.45, 7) is 0.244. The normalized spacial score (nSPS) is 11.3. The zero-order valence-electron chi connectivity index (χ0n) is 13.7. The second-order valence-corrected chi connectivity index (χ2v) is 6.95. The van der Waals surface area contributed by atoms with Crippen molar-refractivity contribution in [3.05, 3.63) is 81.0 Å². The molecule has 1 heterocycles. The minimum Gasteiger partial charge on any atom is -0.489 e. The topological polar surface area (TPSA) is 38.3 Å². The SMILES string of the molecule is O=C(Nc1cccc(C(F)(F)F)c1)c1cc(COc2cccc(Cl)c2)cs1. The molecule has 1 N–H and O–H groups in total. The van der Waals surface area contributed by atoms with Crippen LogP contribution in [0.15, 0.2) is 60.0 Å². The van der Waals surface area contributed by atoms with Gasteiger partial charge in [-0.1, -0.05) is 23.7 Å². The van der Waals surface area contributed by atoms with Crippen LogP contribution in [0.25, 0.3) is 0 Å². The maximum atomic E-state index is 12.7. The third kappa shape index (κ3) is 5.24. The highest BCUT2D eigenvalue weighted by Crippen LogP contribution is 2.31. The molecule has 1 aromatic heterocycles. The van der Waals surface area contributed by atoms with Crippen molar-refractivity contribution in [1.82, 2.24) is 0 Å². The molecule has 0 radical (unpaired) electrons. The van der Waals surface area contributed by atoms with Crippen LogP contribution in [0, 0.1) is 0 Å². The van der Waals surface area contributed by atoms with Crippen LogP contribution in [0.2, 0.25) is 5.02 Å². The molecule has 0 unspecified atom stereocenters. The lowest BCUT2D eigenvalue weighted by atomic mass is 10.2. The Labute approximate surface area is 162 Å². The Hall–Kier alpha value is -2.51. The first-order chi connectivity index (χ1) is 12.8. The molecule has 0 aliphatic carbocycles. The zero-order valence-corrected chi connectivity index (χ0v) is 15.3. The molecule has 8 heteroatoms. The van der Waals surface area contributed by atoms with Gasteiger partial charge in [0.2, 0.25) is 0 Å². The third-order valence-corrected chi connectivity index (χ3v) is 4.74. The van der Waals surface area contributed by atoms with Gasteiger partial charge in [0.1, 0.15) is 12.4 Å². The molecule has 1 amide bonds. The molecule has 140 valence electrons. The van der Waals surface area contributed by atoms with Crippen LogP contribution in [0.1, 0.15) is 20.8 Å². The number of amides is 1. The molecule has 0 fully saturated rings. The van der Waals surface area contributed by atoms with Gasteiger partial charge in [-0.05, 0) is 47.8 Å². The van der Waals surface area contributed by atoms with E-state index in [9.17, 15) is 18.0 Å². The van der Waals surface area contributed by atoms with E-state index in [4.69, 9.17) is 16.3 Å². The monoisotopic (exact) mass is 411 g/mol. The molecule has 3 rings (SSSR count). The van der Waals surface area contributed by atoms with Gasteiger partial charge in [-0.3, -0.25) is 4.79 Å². The van der Waals surface area contributed by atoms with Crippen molar-refractivity contribution in [2.45, 2.75) is 12.8 Å². The van der Waals surface area contributed by atoms with Crippen LogP contribution in [-0.2, 0) is 12.8 Å². The van der Waals surface area contributed by atoms with E-state index in [0.717, 1.165) is 17.7 Å². The Kier molecular flexibility index (Phi) is 5.72. The first kappa shape index (κ1) is 19.3. The first-order valence-corrected chi connectivity index (χ1v) is 9.01. The number of hydrogen-bond donors (Lipinski definition) is 1. The van der Waals surface area contributed by atoms with E-state index in [1.165, 1.54) is 23.5 Å². The van der Waals surface area contributed by atoms with Crippen molar-refractivity contribution < 1.29 is 22.7 Å². The molecule has 27 heavy (non-hydrogen) atoms. The van der Waals surface area contributed by atoms with Crippen molar-refractivity contribution in [3.8, 4) is 5.75 Å². The van der Waals surface area contributed by atoms with E-state index in [1.807, 2.05) is 0 Å². The Morgan fingerprint density at radius 1 is 1.11 bits per heavy atom. The summed E-state index contributed by atoms with van der Waals surface area (Å²) < 4.78 is 43.8. The number of thiophene rings is 1. The fourth-order valence-electron chi connectivity index (χ4n) is 2.26. The Bertz CT molecular complexity index is 956. The minimum atomic E-state index is -4.46. The number of anilines is 1. The van der Waals surface area contributed by atoms with Crippen LogP contribution in [0.3, 0.4) is 0 Å². The molecule has 0 spiro atoms. The van der Waals surface area contributed by atoms with E-state index >= 15 is 0 Å². The summed E-state index contributed by atoms with van der Waals surface area (Å²) >= 11 is 7.07. The van der Waals surface area contributed by atoms with E-state index in [2.05, 4.69) is 5.32 Å². The third-order valence-electron chi connectivity index (χ3n) is 3.53. The highest BCUT2D eigenvalue weighted by atomic mass is 35.5. The van der Waals surface area contributed by atoms with Gasteiger partial charge >= 0.3 is 6.18 Å². The zero-order chi connectivity index (χ0) is 19.4. The van der Waals surface area contributed by atoms with Gasteiger partial charge in [-0.15, -0.1) is 11.3 Å². The minimum absolute atomic E-state index is 0.0833. The lowest BCUT2D eigenvalue weighted by Crippen LogP contribution is -2.12. The number of hydrogen-bond acceptors (Lipinski definition) is 3. The van der Waals surface area contributed by atoms with Crippen molar-refractivity contribution in [3.63, 3.8) is 0 Å². The Morgan fingerprint density at radius 3 is 2.63 bits per heavy atom. The van der Waals surface area contributed by atoms with E-state index in [1.54, 1.807) is 35.7 Å². The molecule has 0 atom stereocenters. The molecule has 2 aromatic carbocycles. The Balaban J connectivity index is 1.63. The number of nitrogens with one attached hydrogen (secondary N) is 1. The standard InChI is InChI=1S/C19H13ClF3NO2S/c20-14-4-2-6-16(9-14)26-10-12-7-17(27-11-12)18(25)24-15-5-1-3-13(8-15)19(21,22)23/h1-9,11H,10H2,(H,24,25). The highest BCUT2D eigenvalue weighted by Gasteiger charge is 2.30. The molecule has 0 aliphatic rings. The van der Waals surface area contributed by atoms with Gasteiger partial charge in [0, 0.05) is 16.3 Å². The first-order valence-electron chi connectivity index (χ1n) is 7.75. The largest absolute Gasteiger partial charge is 0.489 e. The van der Waals surface area contributed by atoms with Gasteiger partial charge < -0.3 is 10.1 Å². The second-order valence-electron chi connectivity index (χ2n) is 5.60. The fourth-order valence-corrected chi connectivity index (χ4v) is 3.23. The van der Waals surface area contributed by atoms with Crippen LogP contribution < -0.4 is 10.1 Å². The predicted octanol–water partition coefficient (Wildman–Crippen LogP) is 6.25. The molecule has 0 bridgehead atoms. The number of carbonyl (C=O) groups excluding carboxylic acids is 1. The molecular formula is C19H13ClF3NO2S. The summed E-state index contributed by atoms with van der Waals surface area (Å²) in [4.78, 5) is 12.6. The average molecular weight is 412 g/mol. The maximum Gasteiger partial charge on any atom is 0.416 e. The number of carbonyl (C=O) groups is 1. The molecule has 0 saturated heterocycles. The van der Waals surface area contributed by atoms with E-state index < -0.39 is 17.6 Å². The second kappa shape index (κ2) is 8.02. The maximum absolute atomic E-state index is 12.7. The molecule has 0 saturated carbocycles. The number of rotatable bonds is 5. The van der Waals surface area contributed by atoms with E-state index in [0.29, 0.717) is 15.6 Å². The van der Waals surface area contributed by atoms with Gasteiger partial charge in [-0.2, -0.15) is 13.2 Å². The number of ether oxygens (including phenoxy) is 1.